The summed E-state index contributed by atoms with van der Waals surface area (Å²) in [6.45, 7) is 7.78. The van der Waals surface area contributed by atoms with Gasteiger partial charge in [-0.05, 0) is 19.8 Å². The summed E-state index contributed by atoms with van der Waals surface area (Å²) in [6.07, 6.45) is -0.0871. The van der Waals surface area contributed by atoms with Crippen LogP contribution < -0.4 is 5.32 Å². The molecule has 0 aromatic rings. The van der Waals surface area contributed by atoms with Crippen LogP contribution >= 0.6 is 0 Å². The number of carbonyl (C=O) groups is 1. The zero-order valence-corrected chi connectivity index (χ0v) is 9.41. The molecular formula is C10H21NO3. The van der Waals surface area contributed by atoms with Crippen LogP contribution in [0.4, 0.5) is 0 Å². The van der Waals surface area contributed by atoms with Crippen molar-refractivity contribution < 1.29 is 14.6 Å². The minimum atomic E-state index is -0.279. The minimum Gasteiger partial charge on any atom is -0.462 e. The molecule has 4 heteroatoms. The highest BCUT2D eigenvalue weighted by molar-refractivity contribution is 5.71. The molecule has 0 aromatic heterocycles. The molecule has 0 aliphatic heterocycles. The van der Waals surface area contributed by atoms with Crippen molar-refractivity contribution >= 4 is 5.97 Å². The Balaban J connectivity index is 3.74. The minimum absolute atomic E-state index is 0.0344. The monoisotopic (exact) mass is 203 g/mol. The van der Waals surface area contributed by atoms with Gasteiger partial charge in [0.2, 0.25) is 0 Å². The third kappa shape index (κ3) is 5.94. The summed E-state index contributed by atoms with van der Waals surface area (Å²) in [5.41, 5.74) is 0. The molecule has 4 nitrogen and oxygen atoms in total. The molecule has 0 aliphatic rings. The Bertz CT molecular complexity index is 169. The predicted molar refractivity (Wildman–Crippen MR) is 54.9 cm³/mol. The van der Waals surface area contributed by atoms with Crippen LogP contribution in [-0.4, -0.2) is 36.4 Å². The van der Waals surface area contributed by atoms with E-state index < -0.39 is 0 Å². The summed E-state index contributed by atoms with van der Waals surface area (Å²) in [5, 5.41) is 11.9. The summed E-state index contributed by atoms with van der Waals surface area (Å²) >= 11 is 0. The molecule has 0 amide bonds. The van der Waals surface area contributed by atoms with E-state index >= 15 is 0 Å². The summed E-state index contributed by atoms with van der Waals surface area (Å²) in [6, 6.07) is -0.0466. The van der Waals surface area contributed by atoms with Crippen molar-refractivity contribution in [1.82, 2.24) is 5.32 Å². The maximum absolute atomic E-state index is 11.1. The highest BCUT2D eigenvalue weighted by Gasteiger charge is 2.13. The van der Waals surface area contributed by atoms with Gasteiger partial charge < -0.3 is 15.2 Å². The second-order valence-corrected chi connectivity index (χ2v) is 3.95. The summed E-state index contributed by atoms with van der Waals surface area (Å²) < 4.78 is 4.94. The van der Waals surface area contributed by atoms with Crippen LogP contribution in [0.25, 0.3) is 0 Å². The van der Waals surface area contributed by atoms with Crippen molar-refractivity contribution in [2.24, 2.45) is 5.92 Å². The number of aliphatic hydroxyl groups is 1. The van der Waals surface area contributed by atoms with Crippen molar-refractivity contribution in [3.05, 3.63) is 0 Å². The molecular weight excluding hydrogens is 182 g/mol. The molecule has 0 bridgehead atoms. The van der Waals surface area contributed by atoms with Gasteiger partial charge in [0.05, 0.1) is 19.3 Å². The van der Waals surface area contributed by atoms with Gasteiger partial charge in [0.15, 0.2) is 0 Å². The van der Waals surface area contributed by atoms with Gasteiger partial charge >= 0.3 is 5.97 Å². The van der Waals surface area contributed by atoms with Crippen molar-refractivity contribution in [3.8, 4) is 0 Å². The van der Waals surface area contributed by atoms with Gasteiger partial charge in [-0.2, -0.15) is 0 Å². The Morgan fingerprint density at radius 2 is 1.93 bits per heavy atom. The SMILES string of the molecule is CC(C)OC(=O)CN[C@H](CO)C(C)C. The average Bonchev–Trinajstić information content (AvgIpc) is 2.03. The number of hydrogen-bond donors (Lipinski definition) is 2. The lowest BCUT2D eigenvalue weighted by molar-refractivity contribution is -0.146. The fourth-order valence-corrected chi connectivity index (χ4v) is 1.03. The van der Waals surface area contributed by atoms with Gasteiger partial charge in [0.25, 0.3) is 0 Å². The molecule has 0 spiro atoms. The van der Waals surface area contributed by atoms with Crippen molar-refractivity contribution in [2.75, 3.05) is 13.2 Å². The lowest BCUT2D eigenvalue weighted by Crippen LogP contribution is -2.40. The Labute approximate surface area is 85.6 Å². The second-order valence-electron chi connectivity index (χ2n) is 3.95. The number of esters is 1. The molecule has 14 heavy (non-hydrogen) atoms. The van der Waals surface area contributed by atoms with E-state index in [0.29, 0.717) is 5.92 Å². The first-order valence-electron chi connectivity index (χ1n) is 5.01. The maximum Gasteiger partial charge on any atom is 0.320 e. The van der Waals surface area contributed by atoms with Gasteiger partial charge in [-0.15, -0.1) is 0 Å². The van der Waals surface area contributed by atoms with E-state index in [1.54, 1.807) is 0 Å². The second kappa shape index (κ2) is 6.79. The van der Waals surface area contributed by atoms with Crippen molar-refractivity contribution in [1.29, 1.82) is 0 Å². The van der Waals surface area contributed by atoms with Crippen molar-refractivity contribution in [3.63, 3.8) is 0 Å². The van der Waals surface area contributed by atoms with Crippen LogP contribution in [-0.2, 0) is 9.53 Å². The highest BCUT2D eigenvalue weighted by Crippen LogP contribution is 1.99. The molecule has 0 aliphatic carbocycles. The predicted octanol–water partition coefficient (Wildman–Crippen LogP) is 0.544. The summed E-state index contributed by atoms with van der Waals surface area (Å²) in [4.78, 5) is 11.1. The first kappa shape index (κ1) is 13.4. The van der Waals surface area contributed by atoms with Gasteiger partial charge in [0, 0.05) is 6.04 Å². The standard InChI is InChI=1S/C10H21NO3/c1-7(2)9(6-12)11-5-10(13)14-8(3)4/h7-9,11-12H,5-6H2,1-4H3/t9-/m1/s1. The summed E-state index contributed by atoms with van der Waals surface area (Å²) in [5.74, 6) is 0.0194. The molecule has 0 aromatic carbocycles. The molecule has 0 unspecified atom stereocenters. The quantitative estimate of drug-likeness (QED) is 0.619. The number of carbonyl (C=O) groups excluding carboxylic acids is 1. The largest absolute Gasteiger partial charge is 0.462 e. The van der Waals surface area contributed by atoms with E-state index in [1.165, 1.54) is 0 Å². The molecule has 0 radical (unpaired) electrons. The van der Waals surface area contributed by atoms with E-state index in [9.17, 15) is 4.79 Å². The van der Waals surface area contributed by atoms with Crippen LogP contribution in [0.2, 0.25) is 0 Å². The van der Waals surface area contributed by atoms with E-state index in [-0.39, 0.29) is 31.3 Å². The third-order valence-electron chi connectivity index (χ3n) is 1.88. The van der Waals surface area contributed by atoms with Gasteiger partial charge in [-0.3, -0.25) is 4.79 Å². The number of aliphatic hydroxyl groups excluding tert-OH is 1. The molecule has 2 N–H and O–H groups in total. The molecule has 0 saturated carbocycles. The fourth-order valence-electron chi connectivity index (χ4n) is 1.03. The molecule has 0 saturated heterocycles. The Morgan fingerprint density at radius 1 is 1.36 bits per heavy atom. The Kier molecular flexibility index (Phi) is 6.49. The Hall–Kier alpha value is -0.610. The first-order chi connectivity index (χ1) is 6.47. The highest BCUT2D eigenvalue weighted by atomic mass is 16.5. The lowest BCUT2D eigenvalue weighted by atomic mass is 10.1. The van der Waals surface area contributed by atoms with Crippen LogP contribution in [0.3, 0.4) is 0 Å². The van der Waals surface area contributed by atoms with Crippen LogP contribution in [0.5, 0.6) is 0 Å². The number of hydrogen-bond acceptors (Lipinski definition) is 4. The number of ether oxygens (including phenoxy) is 1. The maximum atomic E-state index is 11.1. The van der Waals surface area contributed by atoms with Crippen LogP contribution in [0.1, 0.15) is 27.7 Å². The smallest absolute Gasteiger partial charge is 0.320 e. The van der Waals surface area contributed by atoms with E-state index in [4.69, 9.17) is 9.84 Å². The van der Waals surface area contributed by atoms with Gasteiger partial charge in [-0.1, -0.05) is 13.8 Å². The van der Waals surface area contributed by atoms with Crippen LogP contribution in [0, 0.1) is 5.92 Å². The topological polar surface area (TPSA) is 58.6 Å². The first-order valence-corrected chi connectivity index (χ1v) is 5.01. The molecule has 0 heterocycles. The molecule has 1 atom stereocenters. The number of rotatable bonds is 6. The fraction of sp³-hybridized carbons (Fsp3) is 0.900. The van der Waals surface area contributed by atoms with Crippen molar-refractivity contribution in [2.45, 2.75) is 39.8 Å². The van der Waals surface area contributed by atoms with E-state index in [2.05, 4.69) is 5.32 Å². The Morgan fingerprint density at radius 3 is 2.29 bits per heavy atom. The third-order valence-corrected chi connectivity index (χ3v) is 1.88. The zero-order valence-electron chi connectivity index (χ0n) is 9.41. The number of nitrogens with one attached hydrogen (secondary N) is 1. The summed E-state index contributed by atoms with van der Waals surface area (Å²) in [7, 11) is 0. The van der Waals surface area contributed by atoms with Gasteiger partial charge in [0.1, 0.15) is 0 Å². The van der Waals surface area contributed by atoms with E-state index in [1.807, 2.05) is 27.7 Å². The normalized spacial score (nSPS) is 13.4. The molecule has 0 fully saturated rings. The molecule has 0 rings (SSSR count). The average molecular weight is 203 g/mol. The zero-order chi connectivity index (χ0) is 11.1. The van der Waals surface area contributed by atoms with Crippen LogP contribution in [0.15, 0.2) is 0 Å². The van der Waals surface area contributed by atoms with E-state index in [0.717, 1.165) is 0 Å². The lowest BCUT2D eigenvalue weighted by Gasteiger charge is -2.19. The van der Waals surface area contributed by atoms with Gasteiger partial charge in [-0.25, -0.2) is 0 Å². The molecule has 84 valence electrons.